The molecule has 1 aromatic carbocycles. The van der Waals surface area contributed by atoms with Gasteiger partial charge in [-0.05, 0) is 37.6 Å². The lowest BCUT2D eigenvalue weighted by Gasteiger charge is -2.17. The van der Waals surface area contributed by atoms with E-state index in [0.29, 0.717) is 19.4 Å². The smallest absolute Gasteiger partial charge is 0.350 e. The van der Waals surface area contributed by atoms with Crippen LogP contribution < -0.4 is 16.8 Å². The molecule has 0 unspecified atom stereocenters. The molecule has 0 bridgehead atoms. The number of halogens is 6. The van der Waals surface area contributed by atoms with Gasteiger partial charge in [0, 0.05) is 12.6 Å². The lowest BCUT2D eigenvalue weighted by molar-refractivity contribution is -0.141. The molecule has 24 heavy (non-hydrogen) atoms. The van der Waals surface area contributed by atoms with Crippen molar-refractivity contribution in [2.24, 2.45) is 11.5 Å². The number of nitrogens with one attached hydrogen (secondary N) is 1. The van der Waals surface area contributed by atoms with Crippen molar-refractivity contribution in [2.45, 2.75) is 31.2 Å². The first kappa shape index (κ1) is 20.2. The first-order valence-corrected chi connectivity index (χ1v) is 6.99. The number of carbonyl (C=O) groups excluding carboxylic acids is 1. The molecule has 0 fully saturated rings. The lowest BCUT2D eigenvalue weighted by atomic mass is 10.0. The summed E-state index contributed by atoms with van der Waals surface area (Å²) in [5.74, 6) is -1.27. The van der Waals surface area contributed by atoms with Gasteiger partial charge in [-0.25, -0.2) is 0 Å². The van der Waals surface area contributed by atoms with Crippen LogP contribution in [-0.4, -0.2) is 25.0 Å². The van der Waals surface area contributed by atoms with E-state index in [9.17, 15) is 31.1 Å². The number of benzene rings is 1. The molecule has 5 N–H and O–H groups in total. The molecule has 1 amide bonds. The van der Waals surface area contributed by atoms with Crippen molar-refractivity contribution < 1.29 is 31.1 Å². The van der Waals surface area contributed by atoms with Crippen molar-refractivity contribution in [3.05, 3.63) is 34.9 Å². The number of hydrogen-bond donors (Lipinski definition) is 3. The Morgan fingerprint density at radius 1 is 1.12 bits per heavy atom. The van der Waals surface area contributed by atoms with Crippen LogP contribution >= 0.6 is 0 Å². The van der Waals surface area contributed by atoms with Crippen LogP contribution in [0.15, 0.2) is 18.2 Å². The maximum Gasteiger partial charge on any atom is 0.417 e. The minimum atomic E-state index is -4.96. The van der Waals surface area contributed by atoms with Gasteiger partial charge >= 0.3 is 12.4 Å². The molecule has 0 aliphatic heterocycles. The fourth-order valence-corrected chi connectivity index (χ4v) is 1.96. The second kappa shape index (κ2) is 7.84. The van der Waals surface area contributed by atoms with E-state index in [0.717, 1.165) is 0 Å². The van der Waals surface area contributed by atoms with Crippen LogP contribution in [0.25, 0.3) is 0 Å². The average molecular weight is 357 g/mol. The molecular weight excluding hydrogens is 340 g/mol. The maximum absolute atomic E-state index is 12.9. The van der Waals surface area contributed by atoms with Crippen molar-refractivity contribution >= 4 is 5.91 Å². The quantitative estimate of drug-likeness (QED) is 0.685. The van der Waals surface area contributed by atoms with Crippen LogP contribution in [0.1, 0.15) is 34.3 Å². The fraction of sp³-hybridized carbons (Fsp3) is 0.500. The monoisotopic (exact) mass is 357 g/mol. The summed E-state index contributed by atoms with van der Waals surface area (Å²) in [7, 11) is 0. The molecule has 0 heterocycles. The zero-order valence-corrected chi connectivity index (χ0v) is 12.5. The zero-order valence-electron chi connectivity index (χ0n) is 12.5. The standard InChI is InChI=1S/C14H17F6N3O/c15-13(16,17)8-3-4-11(14(18,19)20)10(6-8)12(24)23-7-9(22)2-1-5-21/h3-4,6,9H,1-2,5,7,21-22H2,(H,23,24)/t9-/m0/s1. The van der Waals surface area contributed by atoms with Crippen molar-refractivity contribution in [1.82, 2.24) is 5.32 Å². The van der Waals surface area contributed by atoms with E-state index in [4.69, 9.17) is 11.5 Å². The molecule has 0 aliphatic rings. The molecule has 1 rings (SSSR count). The van der Waals surface area contributed by atoms with Gasteiger partial charge in [-0.3, -0.25) is 4.79 Å². The van der Waals surface area contributed by atoms with Crippen LogP contribution in [0.4, 0.5) is 26.3 Å². The number of carbonyl (C=O) groups is 1. The molecule has 0 saturated heterocycles. The Morgan fingerprint density at radius 3 is 2.25 bits per heavy atom. The Kier molecular flexibility index (Phi) is 6.61. The summed E-state index contributed by atoms with van der Waals surface area (Å²) in [6.07, 6.45) is -8.85. The predicted molar refractivity (Wildman–Crippen MR) is 75.0 cm³/mol. The fourth-order valence-electron chi connectivity index (χ4n) is 1.96. The molecule has 0 aromatic heterocycles. The Balaban J connectivity index is 3.03. The van der Waals surface area contributed by atoms with Crippen molar-refractivity contribution in [2.75, 3.05) is 13.1 Å². The molecule has 10 heteroatoms. The molecule has 0 spiro atoms. The van der Waals surface area contributed by atoms with Gasteiger partial charge in [0.15, 0.2) is 0 Å². The number of rotatable bonds is 6. The molecule has 1 aromatic rings. The highest BCUT2D eigenvalue weighted by Crippen LogP contribution is 2.36. The highest BCUT2D eigenvalue weighted by Gasteiger charge is 2.38. The van der Waals surface area contributed by atoms with Gasteiger partial charge in [0.2, 0.25) is 0 Å². The summed E-state index contributed by atoms with van der Waals surface area (Å²) in [5, 5.41) is 2.13. The third kappa shape index (κ3) is 5.68. The first-order valence-electron chi connectivity index (χ1n) is 6.99. The van der Waals surface area contributed by atoms with Crippen molar-refractivity contribution in [3.63, 3.8) is 0 Å². The topological polar surface area (TPSA) is 81.1 Å². The number of nitrogens with two attached hydrogens (primary N) is 2. The molecule has 4 nitrogen and oxygen atoms in total. The Morgan fingerprint density at radius 2 is 1.75 bits per heavy atom. The van der Waals surface area contributed by atoms with Crippen LogP contribution in [0.2, 0.25) is 0 Å². The summed E-state index contributed by atoms with van der Waals surface area (Å²) in [6.45, 7) is 0.180. The third-order valence-corrected chi connectivity index (χ3v) is 3.20. The summed E-state index contributed by atoms with van der Waals surface area (Å²) in [4.78, 5) is 11.9. The second-order valence-corrected chi connectivity index (χ2v) is 5.16. The molecule has 0 radical (unpaired) electrons. The summed E-state index contributed by atoms with van der Waals surface area (Å²) >= 11 is 0. The highest BCUT2D eigenvalue weighted by atomic mass is 19.4. The zero-order chi connectivity index (χ0) is 18.5. The molecular formula is C14H17F6N3O. The molecule has 0 saturated carbocycles. The minimum absolute atomic E-state index is 0.174. The Labute approximate surface area is 134 Å². The van der Waals surface area contributed by atoms with Crippen LogP contribution in [0, 0.1) is 0 Å². The normalized spacial score (nSPS) is 13.7. The van der Waals surface area contributed by atoms with Gasteiger partial charge in [-0.2, -0.15) is 26.3 Å². The molecule has 0 aliphatic carbocycles. The van der Waals surface area contributed by atoms with Gasteiger partial charge in [0.25, 0.3) is 5.91 Å². The van der Waals surface area contributed by atoms with E-state index in [2.05, 4.69) is 5.32 Å². The number of alkyl halides is 6. The SMILES string of the molecule is NCCC[C@H](N)CNC(=O)c1cc(C(F)(F)F)ccc1C(F)(F)F. The molecule has 136 valence electrons. The maximum atomic E-state index is 12.9. The number of amides is 1. The van der Waals surface area contributed by atoms with Gasteiger partial charge in [-0.1, -0.05) is 0 Å². The van der Waals surface area contributed by atoms with Crippen LogP contribution in [0.5, 0.6) is 0 Å². The van der Waals surface area contributed by atoms with E-state index >= 15 is 0 Å². The van der Waals surface area contributed by atoms with E-state index in [-0.39, 0.29) is 24.7 Å². The average Bonchev–Trinajstić information content (AvgIpc) is 2.48. The van der Waals surface area contributed by atoms with Gasteiger partial charge in [0.05, 0.1) is 16.7 Å². The van der Waals surface area contributed by atoms with Gasteiger partial charge in [0.1, 0.15) is 0 Å². The van der Waals surface area contributed by atoms with Crippen molar-refractivity contribution in [1.29, 1.82) is 0 Å². The lowest BCUT2D eigenvalue weighted by Crippen LogP contribution is -2.38. The predicted octanol–water partition coefficient (Wildman–Crippen LogP) is 2.52. The van der Waals surface area contributed by atoms with Gasteiger partial charge in [-0.15, -0.1) is 0 Å². The van der Waals surface area contributed by atoms with E-state index in [1.54, 1.807) is 0 Å². The van der Waals surface area contributed by atoms with Crippen molar-refractivity contribution in [3.8, 4) is 0 Å². The van der Waals surface area contributed by atoms with E-state index in [1.807, 2.05) is 0 Å². The summed E-state index contributed by atoms with van der Waals surface area (Å²) in [5.41, 5.74) is 7.04. The Bertz CT molecular complexity index is 571. The number of hydrogen-bond acceptors (Lipinski definition) is 3. The molecule has 1 atom stereocenters. The largest absolute Gasteiger partial charge is 0.417 e. The summed E-state index contributed by atoms with van der Waals surface area (Å²) < 4.78 is 76.7. The highest BCUT2D eigenvalue weighted by molar-refractivity contribution is 5.96. The third-order valence-electron chi connectivity index (χ3n) is 3.20. The minimum Gasteiger partial charge on any atom is -0.350 e. The van der Waals surface area contributed by atoms with E-state index < -0.39 is 41.0 Å². The van der Waals surface area contributed by atoms with E-state index in [1.165, 1.54) is 0 Å². The first-order chi connectivity index (χ1) is 11.0. The van der Waals surface area contributed by atoms with Crippen LogP contribution in [0.3, 0.4) is 0 Å². The van der Waals surface area contributed by atoms with Gasteiger partial charge < -0.3 is 16.8 Å². The Hall–Kier alpha value is -1.81. The second-order valence-electron chi connectivity index (χ2n) is 5.16. The van der Waals surface area contributed by atoms with Crippen LogP contribution in [-0.2, 0) is 12.4 Å². The summed E-state index contributed by atoms with van der Waals surface area (Å²) in [6, 6.07) is 0.153.